The van der Waals surface area contributed by atoms with Gasteiger partial charge in [-0.1, -0.05) is 19.9 Å². The molecule has 0 bridgehead atoms. The first-order chi connectivity index (χ1) is 10.8. The maximum atomic E-state index is 12.3. The number of benzene rings is 1. The zero-order chi connectivity index (χ0) is 17.0. The Morgan fingerprint density at radius 3 is 2.83 bits per heavy atom. The highest BCUT2D eigenvalue weighted by molar-refractivity contribution is 5.93. The Balaban J connectivity index is 2.04. The number of ether oxygens (including phenoxy) is 1. The number of aromatic nitrogens is 1. The topological polar surface area (TPSA) is 74.4 Å². The minimum atomic E-state index is -0.375. The molecule has 23 heavy (non-hydrogen) atoms. The van der Waals surface area contributed by atoms with Crippen LogP contribution < -0.4 is 10.1 Å². The Hall–Kier alpha value is -2.01. The van der Waals surface area contributed by atoms with Crippen molar-refractivity contribution in [1.29, 1.82) is 0 Å². The third kappa shape index (κ3) is 4.48. The monoisotopic (exact) mass is 318 g/mol. The summed E-state index contributed by atoms with van der Waals surface area (Å²) in [5, 5.41) is 13.4. The van der Waals surface area contributed by atoms with Gasteiger partial charge in [0.15, 0.2) is 0 Å². The van der Waals surface area contributed by atoms with Crippen molar-refractivity contribution in [2.75, 3.05) is 13.7 Å². The number of hydrogen-bond donors (Lipinski definition) is 3. The lowest BCUT2D eigenvalue weighted by atomic mass is 9.87. The average molecular weight is 318 g/mol. The smallest absolute Gasteiger partial charge is 0.224 e. The fraction of sp³-hybridized carbons (Fsp3) is 0.500. The number of fused-ring (bicyclic) bond motifs is 1. The molecule has 0 spiro atoms. The summed E-state index contributed by atoms with van der Waals surface area (Å²) in [6.45, 7) is 6.38. The predicted molar refractivity (Wildman–Crippen MR) is 91.6 cm³/mol. The van der Waals surface area contributed by atoms with Gasteiger partial charge in [0.1, 0.15) is 5.75 Å². The van der Waals surface area contributed by atoms with Crippen molar-refractivity contribution >= 4 is 16.8 Å². The van der Waals surface area contributed by atoms with Gasteiger partial charge in [0.25, 0.3) is 0 Å². The maximum absolute atomic E-state index is 12.3. The van der Waals surface area contributed by atoms with Gasteiger partial charge in [-0.25, -0.2) is 0 Å². The molecule has 0 aliphatic rings. The van der Waals surface area contributed by atoms with E-state index in [4.69, 9.17) is 4.74 Å². The molecule has 1 atom stereocenters. The summed E-state index contributed by atoms with van der Waals surface area (Å²) >= 11 is 0. The number of amides is 1. The molecule has 2 rings (SSSR count). The summed E-state index contributed by atoms with van der Waals surface area (Å²) in [5.74, 6) is 0.733. The van der Waals surface area contributed by atoms with Crippen LogP contribution >= 0.6 is 0 Å². The number of H-pyrrole nitrogens is 1. The van der Waals surface area contributed by atoms with E-state index in [0.29, 0.717) is 19.4 Å². The molecule has 126 valence electrons. The van der Waals surface area contributed by atoms with E-state index in [1.54, 1.807) is 14.0 Å². The lowest BCUT2D eigenvalue weighted by Crippen LogP contribution is -2.36. The minimum absolute atomic E-state index is 0.0320. The third-order valence-electron chi connectivity index (χ3n) is 3.93. The SMILES string of the molecule is COc1cccc2[nH]cc(CC(=O)NCC(C)(C)CC(C)O)c12. The molecule has 0 saturated heterocycles. The zero-order valence-electron chi connectivity index (χ0n) is 14.3. The average Bonchev–Trinajstić information content (AvgIpc) is 2.87. The summed E-state index contributed by atoms with van der Waals surface area (Å²) in [6, 6.07) is 5.77. The predicted octanol–water partition coefficient (Wildman–Crippen LogP) is 2.63. The van der Waals surface area contributed by atoms with E-state index in [1.165, 1.54) is 0 Å². The first-order valence-corrected chi connectivity index (χ1v) is 7.90. The number of carbonyl (C=O) groups excluding carboxylic acids is 1. The van der Waals surface area contributed by atoms with Gasteiger partial charge in [-0.3, -0.25) is 4.79 Å². The van der Waals surface area contributed by atoms with Crippen molar-refractivity contribution in [3.8, 4) is 5.75 Å². The fourth-order valence-electron chi connectivity index (χ4n) is 2.97. The molecule has 1 aromatic heterocycles. The number of hydrogen-bond acceptors (Lipinski definition) is 3. The van der Waals surface area contributed by atoms with Crippen LogP contribution in [0.5, 0.6) is 5.75 Å². The number of methoxy groups -OCH3 is 1. The molecule has 1 unspecified atom stereocenters. The quantitative estimate of drug-likeness (QED) is 0.734. The second kappa shape index (κ2) is 7.04. The van der Waals surface area contributed by atoms with Crippen LogP contribution in [0.4, 0.5) is 0 Å². The fourth-order valence-corrected chi connectivity index (χ4v) is 2.97. The van der Waals surface area contributed by atoms with Crippen molar-refractivity contribution in [3.63, 3.8) is 0 Å². The Morgan fingerprint density at radius 1 is 1.43 bits per heavy atom. The highest BCUT2D eigenvalue weighted by Crippen LogP contribution is 2.29. The van der Waals surface area contributed by atoms with Gasteiger partial charge in [-0.05, 0) is 36.5 Å². The van der Waals surface area contributed by atoms with Gasteiger partial charge in [-0.2, -0.15) is 0 Å². The standard InChI is InChI=1S/C18H26N2O3/c1-12(21)9-18(2,3)11-20-16(22)8-13-10-19-14-6-5-7-15(23-4)17(13)14/h5-7,10,12,19,21H,8-9,11H2,1-4H3,(H,20,22). The van der Waals surface area contributed by atoms with Crippen LogP contribution in [0.1, 0.15) is 32.8 Å². The zero-order valence-corrected chi connectivity index (χ0v) is 14.3. The number of nitrogens with one attached hydrogen (secondary N) is 2. The molecule has 0 aliphatic carbocycles. The number of carbonyl (C=O) groups is 1. The van der Waals surface area contributed by atoms with E-state index in [-0.39, 0.29) is 17.4 Å². The first kappa shape index (κ1) is 17.3. The molecule has 1 heterocycles. The van der Waals surface area contributed by atoms with Crippen LogP contribution in [0.15, 0.2) is 24.4 Å². The van der Waals surface area contributed by atoms with Gasteiger partial charge in [0.05, 0.1) is 19.6 Å². The number of aromatic amines is 1. The van der Waals surface area contributed by atoms with Gasteiger partial charge in [0.2, 0.25) is 5.91 Å². The van der Waals surface area contributed by atoms with Gasteiger partial charge >= 0.3 is 0 Å². The summed E-state index contributed by atoms with van der Waals surface area (Å²) < 4.78 is 5.39. The molecule has 1 amide bonds. The van der Waals surface area contributed by atoms with Crippen LogP contribution in [0.2, 0.25) is 0 Å². The number of aliphatic hydroxyl groups excluding tert-OH is 1. The second-order valence-electron chi connectivity index (χ2n) is 6.87. The highest BCUT2D eigenvalue weighted by atomic mass is 16.5. The molecular weight excluding hydrogens is 292 g/mol. The third-order valence-corrected chi connectivity index (χ3v) is 3.93. The van der Waals surface area contributed by atoms with E-state index in [2.05, 4.69) is 10.3 Å². The van der Waals surface area contributed by atoms with Gasteiger partial charge < -0.3 is 20.1 Å². The molecule has 0 saturated carbocycles. The van der Waals surface area contributed by atoms with Gasteiger partial charge in [0, 0.05) is 23.6 Å². The Labute approximate surface area is 137 Å². The maximum Gasteiger partial charge on any atom is 0.224 e. The normalized spacial score (nSPS) is 13.1. The van der Waals surface area contributed by atoms with Crippen LogP contribution in [-0.2, 0) is 11.2 Å². The van der Waals surface area contributed by atoms with Crippen LogP contribution in [0, 0.1) is 5.41 Å². The second-order valence-corrected chi connectivity index (χ2v) is 6.87. The van der Waals surface area contributed by atoms with Crippen LogP contribution in [0.3, 0.4) is 0 Å². The van der Waals surface area contributed by atoms with Crippen molar-refractivity contribution < 1.29 is 14.6 Å². The number of aliphatic hydroxyl groups is 1. The molecule has 0 fully saturated rings. The van der Waals surface area contributed by atoms with Crippen molar-refractivity contribution in [1.82, 2.24) is 10.3 Å². The molecule has 0 aliphatic heterocycles. The highest BCUT2D eigenvalue weighted by Gasteiger charge is 2.21. The van der Waals surface area contributed by atoms with Gasteiger partial charge in [-0.15, -0.1) is 0 Å². The molecule has 5 heteroatoms. The van der Waals surface area contributed by atoms with Crippen molar-refractivity contribution in [3.05, 3.63) is 30.0 Å². The summed E-state index contributed by atoms with van der Waals surface area (Å²) in [4.78, 5) is 15.4. The first-order valence-electron chi connectivity index (χ1n) is 7.90. The minimum Gasteiger partial charge on any atom is -0.496 e. The van der Waals surface area contributed by atoms with Crippen molar-refractivity contribution in [2.45, 2.75) is 39.7 Å². The van der Waals surface area contributed by atoms with Crippen LogP contribution in [0.25, 0.3) is 10.9 Å². The summed E-state index contributed by atoms with van der Waals surface area (Å²) in [5.41, 5.74) is 1.74. The van der Waals surface area contributed by atoms with E-state index in [1.807, 2.05) is 38.2 Å². The molecular formula is C18H26N2O3. The molecule has 3 N–H and O–H groups in total. The Kier molecular flexibility index (Phi) is 5.31. The molecule has 0 radical (unpaired) electrons. The Morgan fingerprint density at radius 2 is 2.17 bits per heavy atom. The molecule has 5 nitrogen and oxygen atoms in total. The lowest BCUT2D eigenvalue weighted by Gasteiger charge is -2.26. The van der Waals surface area contributed by atoms with E-state index < -0.39 is 0 Å². The number of rotatable bonds is 7. The summed E-state index contributed by atoms with van der Waals surface area (Å²) in [7, 11) is 1.63. The lowest BCUT2D eigenvalue weighted by molar-refractivity contribution is -0.121. The van der Waals surface area contributed by atoms with E-state index in [9.17, 15) is 9.90 Å². The molecule has 1 aromatic carbocycles. The van der Waals surface area contributed by atoms with Crippen molar-refractivity contribution in [2.24, 2.45) is 5.41 Å². The van der Waals surface area contributed by atoms with Crippen LogP contribution in [-0.4, -0.2) is 35.8 Å². The largest absolute Gasteiger partial charge is 0.496 e. The van der Waals surface area contributed by atoms with E-state index >= 15 is 0 Å². The molecule has 2 aromatic rings. The Bertz CT molecular complexity index is 674. The van der Waals surface area contributed by atoms with E-state index in [0.717, 1.165) is 22.2 Å². The summed E-state index contributed by atoms with van der Waals surface area (Å²) in [6.07, 6.45) is 2.42.